The van der Waals surface area contributed by atoms with E-state index < -0.39 is 0 Å². The molecular weight excluding hydrogens is 264 g/mol. The van der Waals surface area contributed by atoms with Crippen LogP contribution in [0.1, 0.15) is 119 Å². The lowest BCUT2D eigenvalue weighted by Gasteiger charge is -2.34. The minimum absolute atomic E-state index is 0.576. The van der Waals surface area contributed by atoms with E-state index in [-0.39, 0.29) is 0 Å². The summed E-state index contributed by atoms with van der Waals surface area (Å²) in [5.74, 6) is 1.76. The van der Waals surface area contributed by atoms with Crippen molar-refractivity contribution in [2.24, 2.45) is 22.7 Å². The van der Waals surface area contributed by atoms with E-state index in [0.717, 1.165) is 11.8 Å². The molecule has 0 aromatic rings. The average Bonchev–Trinajstić information content (AvgIpc) is 2.41. The molecule has 132 valence electrons. The molecule has 0 N–H and O–H groups in total. The zero-order valence-corrected chi connectivity index (χ0v) is 16.6. The lowest BCUT2D eigenvalue weighted by Crippen LogP contribution is -2.23. The van der Waals surface area contributed by atoms with Crippen LogP contribution in [0.25, 0.3) is 0 Å². The maximum Gasteiger partial charge on any atom is -0.0303 e. The van der Waals surface area contributed by atoms with Crippen LogP contribution in [0.15, 0.2) is 0 Å². The molecule has 0 amide bonds. The third kappa shape index (κ3) is 7.51. The molecule has 1 fully saturated rings. The molecule has 0 saturated heterocycles. The van der Waals surface area contributed by atoms with Gasteiger partial charge in [0.2, 0.25) is 0 Å². The molecule has 2 unspecified atom stereocenters. The first-order valence-corrected chi connectivity index (χ1v) is 10.3. The highest BCUT2D eigenvalue weighted by Gasteiger charge is 2.27. The predicted octanol–water partition coefficient (Wildman–Crippen LogP) is 8.01. The number of rotatable bonds is 1. The molecule has 0 heterocycles. The van der Waals surface area contributed by atoms with Crippen molar-refractivity contribution in [3.05, 3.63) is 0 Å². The Hall–Kier alpha value is 0. The second-order valence-corrected chi connectivity index (χ2v) is 9.78. The van der Waals surface area contributed by atoms with Crippen molar-refractivity contribution < 1.29 is 0 Å². The van der Waals surface area contributed by atoms with Gasteiger partial charge >= 0.3 is 0 Å². The standard InChI is InChI=1S/C22H44/c1-19(2)22(6)17-10-8-7-9-15-21(4,5)16-11-13-20(3)14-12-18-22/h19-20H,7-18H2,1-6H3. The molecule has 0 aromatic heterocycles. The third-order valence-electron chi connectivity index (χ3n) is 6.74. The molecule has 0 spiro atoms. The lowest BCUT2D eigenvalue weighted by atomic mass is 9.71. The van der Waals surface area contributed by atoms with Gasteiger partial charge in [0.15, 0.2) is 0 Å². The van der Waals surface area contributed by atoms with E-state index in [2.05, 4.69) is 41.5 Å². The largest absolute Gasteiger partial charge is 0.0625 e. The van der Waals surface area contributed by atoms with Crippen molar-refractivity contribution >= 4 is 0 Å². The van der Waals surface area contributed by atoms with Crippen LogP contribution in [-0.2, 0) is 0 Å². The Bertz CT molecular complexity index is 288. The van der Waals surface area contributed by atoms with Crippen molar-refractivity contribution in [3.63, 3.8) is 0 Å². The summed E-state index contributed by atoms with van der Waals surface area (Å²) in [6.07, 6.45) is 17.3. The maximum absolute atomic E-state index is 2.56. The van der Waals surface area contributed by atoms with Crippen LogP contribution in [-0.4, -0.2) is 0 Å². The highest BCUT2D eigenvalue weighted by Crippen LogP contribution is 2.39. The molecule has 0 aromatic carbocycles. The van der Waals surface area contributed by atoms with Crippen molar-refractivity contribution in [1.82, 2.24) is 0 Å². The zero-order valence-electron chi connectivity index (χ0n) is 16.6. The van der Waals surface area contributed by atoms with Crippen LogP contribution < -0.4 is 0 Å². The van der Waals surface area contributed by atoms with Gasteiger partial charge in [-0.2, -0.15) is 0 Å². The number of hydrogen-bond donors (Lipinski definition) is 0. The van der Waals surface area contributed by atoms with Gasteiger partial charge in [-0.15, -0.1) is 0 Å². The Morgan fingerprint density at radius 2 is 1.14 bits per heavy atom. The first kappa shape index (κ1) is 20.0. The average molecular weight is 309 g/mol. The van der Waals surface area contributed by atoms with Gasteiger partial charge in [-0.1, -0.05) is 92.9 Å². The second kappa shape index (κ2) is 9.33. The smallest absolute Gasteiger partial charge is 0.0303 e. The minimum Gasteiger partial charge on any atom is -0.0625 e. The Morgan fingerprint density at radius 1 is 0.682 bits per heavy atom. The highest BCUT2D eigenvalue weighted by atomic mass is 14.3. The topological polar surface area (TPSA) is 0 Å². The second-order valence-electron chi connectivity index (χ2n) is 9.78. The van der Waals surface area contributed by atoms with Gasteiger partial charge in [-0.25, -0.2) is 0 Å². The minimum atomic E-state index is 0.576. The summed E-state index contributed by atoms with van der Waals surface area (Å²) in [6.45, 7) is 14.9. The monoisotopic (exact) mass is 308 g/mol. The van der Waals surface area contributed by atoms with Gasteiger partial charge in [-0.3, -0.25) is 0 Å². The Balaban J connectivity index is 2.58. The summed E-state index contributed by atoms with van der Waals surface area (Å²) >= 11 is 0. The zero-order chi connectivity index (χ0) is 16.6. The Kier molecular flexibility index (Phi) is 8.50. The summed E-state index contributed by atoms with van der Waals surface area (Å²) < 4.78 is 0. The quantitative estimate of drug-likeness (QED) is 0.460. The van der Waals surface area contributed by atoms with Crippen LogP contribution in [0.2, 0.25) is 0 Å². The van der Waals surface area contributed by atoms with E-state index in [1.165, 1.54) is 77.0 Å². The van der Waals surface area contributed by atoms with Gasteiger partial charge < -0.3 is 0 Å². The lowest BCUT2D eigenvalue weighted by molar-refractivity contribution is 0.165. The normalized spacial score (nSPS) is 33.1. The number of hydrogen-bond acceptors (Lipinski definition) is 0. The summed E-state index contributed by atoms with van der Waals surface area (Å²) in [5, 5.41) is 0. The Morgan fingerprint density at radius 3 is 1.73 bits per heavy atom. The fourth-order valence-corrected chi connectivity index (χ4v) is 4.24. The van der Waals surface area contributed by atoms with Gasteiger partial charge in [0.1, 0.15) is 0 Å². The predicted molar refractivity (Wildman–Crippen MR) is 101 cm³/mol. The van der Waals surface area contributed by atoms with Gasteiger partial charge in [0, 0.05) is 0 Å². The molecule has 0 aliphatic heterocycles. The van der Waals surface area contributed by atoms with Crippen LogP contribution in [0, 0.1) is 22.7 Å². The van der Waals surface area contributed by atoms with Crippen LogP contribution >= 0.6 is 0 Å². The van der Waals surface area contributed by atoms with Crippen LogP contribution in [0.5, 0.6) is 0 Å². The van der Waals surface area contributed by atoms with Gasteiger partial charge in [-0.05, 0) is 48.3 Å². The molecule has 0 radical (unpaired) electrons. The van der Waals surface area contributed by atoms with Gasteiger partial charge in [0.25, 0.3) is 0 Å². The van der Waals surface area contributed by atoms with Crippen molar-refractivity contribution in [2.45, 2.75) is 119 Å². The van der Waals surface area contributed by atoms with E-state index in [9.17, 15) is 0 Å². The van der Waals surface area contributed by atoms with E-state index in [4.69, 9.17) is 0 Å². The Labute approximate surface area is 141 Å². The van der Waals surface area contributed by atoms with E-state index in [1.54, 1.807) is 0 Å². The van der Waals surface area contributed by atoms with Crippen molar-refractivity contribution in [2.75, 3.05) is 0 Å². The molecule has 22 heavy (non-hydrogen) atoms. The summed E-state index contributed by atoms with van der Waals surface area (Å²) in [6, 6.07) is 0. The highest BCUT2D eigenvalue weighted by molar-refractivity contribution is 4.79. The fourth-order valence-electron chi connectivity index (χ4n) is 4.24. The fraction of sp³-hybridized carbons (Fsp3) is 1.00. The SMILES string of the molecule is CC1CCCC(C)(C)CCCCCCC(C)(C(C)C)CCC1. The van der Waals surface area contributed by atoms with Crippen molar-refractivity contribution in [1.29, 1.82) is 0 Å². The molecule has 2 atom stereocenters. The molecule has 0 bridgehead atoms. The molecular formula is C22H44. The van der Waals surface area contributed by atoms with Crippen molar-refractivity contribution in [3.8, 4) is 0 Å². The molecule has 1 aliphatic carbocycles. The molecule has 1 aliphatic rings. The van der Waals surface area contributed by atoms with E-state index in [1.807, 2.05) is 0 Å². The van der Waals surface area contributed by atoms with E-state index >= 15 is 0 Å². The summed E-state index contributed by atoms with van der Waals surface area (Å²) in [5.41, 5.74) is 1.16. The van der Waals surface area contributed by atoms with E-state index in [0.29, 0.717) is 10.8 Å². The van der Waals surface area contributed by atoms with Crippen LogP contribution in [0.4, 0.5) is 0 Å². The molecule has 0 nitrogen and oxygen atoms in total. The van der Waals surface area contributed by atoms with Gasteiger partial charge in [0.05, 0.1) is 0 Å². The molecule has 1 saturated carbocycles. The first-order valence-electron chi connectivity index (χ1n) is 10.3. The summed E-state index contributed by atoms with van der Waals surface area (Å²) in [4.78, 5) is 0. The first-order chi connectivity index (χ1) is 10.3. The summed E-state index contributed by atoms with van der Waals surface area (Å²) in [7, 11) is 0. The van der Waals surface area contributed by atoms with Crippen LogP contribution in [0.3, 0.4) is 0 Å². The molecule has 0 heteroatoms. The molecule has 1 rings (SSSR count). The third-order valence-corrected chi connectivity index (χ3v) is 6.74. The maximum atomic E-state index is 2.56.